The molecule has 0 spiro atoms. The van der Waals surface area contributed by atoms with E-state index < -0.39 is 44.0 Å². The number of amides is 1. The van der Waals surface area contributed by atoms with Gasteiger partial charge < -0.3 is 10.1 Å². The Morgan fingerprint density at radius 3 is 2.31 bits per heavy atom. The molecule has 0 aliphatic carbocycles. The molecule has 0 aliphatic rings. The zero-order valence-electron chi connectivity index (χ0n) is 15.6. The van der Waals surface area contributed by atoms with Crippen LogP contribution in [0.25, 0.3) is 0 Å². The van der Waals surface area contributed by atoms with Gasteiger partial charge in [0.15, 0.2) is 0 Å². The number of hydrogen-bond donors (Lipinski definition) is 1. The highest BCUT2D eigenvalue weighted by Gasteiger charge is 2.32. The van der Waals surface area contributed by atoms with Crippen molar-refractivity contribution in [3.63, 3.8) is 0 Å². The first-order valence-electron chi connectivity index (χ1n) is 8.33. The Morgan fingerprint density at radius 2 is 1.72 bits per heavy atom. The van der Waals surface area contributed by atoms with Crippen LogP contribution in [0.15, 0.2) is 36.4 Å². The lowest BCUT2D eigenvalue weighted by atomic mass is 10.1. The first-order chi connectivity index (χ1) is 14.9. The largest absolute Gasteiger partial charge is 0.473 e. The van der Waals surface area contributed by atoms with Gasteiger partial charge in [-0.25, -0.2) is 4.98 Å². The number of benzene rings is 1. The van der Waals surface area contributed by atoms with E-state index in [0.29, 0.717) is 24.3 Å². The van der Waals surface area contributed by atoms with E-state index in [-0.39, 0.29) is 29.6 Å². The summed E-state index contributed by atoms with van der Waals surface area (Å²) in [5.41, 5.74) is -3.15. The molecule has 0 unspecified atom stereocenters. The number of hydrogen-bond acceptors (Lipinski definition) is 7. The Bertz CT molecular complexity index is 1090. The highest BCUT2D eigenvalue weighted by molar-refractivity contribution is 6.34. The van der Waals surface area contributed by atoms with Gasteiger partial charge in [-0.1, -0.05) is 29.3 Å². The highest BCUT2D eigenvalue weighted by atomic mass is 35.5. The van der Waals surface area contributed by atoms with Gasteiger partial charge in [-0.15, -0.1) is 0 Å². The van der Waals surface area contributed by atoms with E-state index in [1.165, 1.54) is 12.2 Å². The molecule has 0 saturated carbocycles. The monoisotopic (exact) mass is 494 g/mol. The molecule has 1 heterocycles. The SMILES string of the molecule is O=C(NC/C=C\COc1cc(C(F)(F)F)cc(Cl)n1)c1cc([N+](=O)[O-])c([N+](=O)[O-])cc1Cl. The topological polar surface area (TPSA) is 138 Å². The number of ether oxygens (including phenoxy) is 1. The first-order valence-corrected chi connectivity index (χ1v) is 9.09. The third kappa shape index (κ3) is 6.52. The van der Waals surface area contributed by atoms with Gasteiger partial charge in [0.1, 0.15) is 11.8 Å². The normalized spacial score (nSPS) is 11.4. The minimum Gasteiger partial charge on any atom is -0.473 e. The molecule has 0 radical (unpaired) electrons. The Hall–Kier alpha value is -3.45. The van der Waals surface area contributed by atoms with Crippen molar-refractivity contribution in [2.45, 2.75) is 6.18 Å². The quantitative estimate of drug-likeness (QED) is 0.245. The number of nitro groups is 2. The average molecular weight is 495 g/mol. The zero-order chi connectivity index (χ0) is 24.1. The number of nitrogens with zero attached hydrogens (tertiary/aromatic N) is 3. The number of pyridine rings is 1. The summed E-state index contributed by atoms with van der Waals surface area (Å²) in [7, 11) is 0. The van der Waals surface area contributed by atoms with Crippen molar-refractivity contribution in [2.24, 2.45) is 0 Å². The van der Waals surface area contributed by atoms with E-state index in [1.54, 1.807) is 0 Å². The molecular formula is C17H11Cl2F3N4O6. The van der Waals surface area contributed by atoms with Gasteiger partial charge in [-0.05, 0) is 12.1 Å². The summed E-state index contributed by atoms with van der Waals surface area (Å²) in [6.45, 7) is -0.315. The Labute approximate surface area is 186 Å². The molecule has 1 amide bonds. The van der Waals surface area contributed by atoms with Crippen LogP contribution in [0, 0.1) is 20.2 Å². The van der Waals surface area contributed by atoms with Crippen LogP contribution in [0.4, 0.5) is 24.5 Å². The second-order valence-corrected chi connectivity index (χ2v) is 6.64. The predicted molar refractivity (Wildman–Crippen MR) is 106 cm³/mol. The lowest BCUT2D eigenvalue weighted by molar-refractivity contribution is -0.422. The molecule has 170 valence electrons. The standard InChI is InChI=1S/C17H11Cl2F3N4O6/c18-11-8-13(26(30)31)12(25(28)29)7-10(11)16(27)23-3-1-2-4-32-15-6-9(17(20,21)22)5-14(19)24-15/h1-2,5-8H,3-4H2,(H,23,27)/b2-1-. The number of rotatable bonds is 8. The minimum absolute atomic E-state index is 0.111. The van der Waals surface area contributed by atoms with E-state index in [2.05, 4.69) is 10.3 Å². The molecule has 32 heavy (non-hydrogen) atoms. The van der Waals surface area contributed by atoms with Gasteiger partial charge in [-0.3, -0.25) is 25.0 Å². The maximum Gasteiger partial charge on any atom is 0.416 e. The van der Waals surface area contributed by atoms with Gasteiger partial charge in [0.2, 0.25) is 5.88 Å². The van der Waals surface area contributed by atoms with Crippen molar-refractivity contribution in [2.75, 3.05) is 13.2 Å². The maximum absolute atomic E-state index is 12.7. The molecule has 1 aromatic heterocycles. The van der Waals surface area contributed by atoms with Crippen LogP contribution >= 0.6 is 23.2 Å². The van der Waals surface area contributed by atoms with Gasteiger partial charge in [0, 0.05) is 24.7 Å². The van der Waals surface area contributed by atoms with Gasteiger partial charge >= 0.3 is 17.6 Å². The van der Waals surface area contributed by atoms with Crippen LogP contribution < -0.4 is 10.1 Å². The number of halogens is 5. The lowest BCUT2D eigenvalue weighted by Crippen LogP contribution is -2.24. The summed E-state index contributed by atoms with van der Waals surface area (Å²) in [5.74, 6) is -1.20. The number of nitro benzene ring substituents is 2. The van der Waals surface area contributed by atoms with Crippen LogP contribution in [0.3, 0.4) is 0 Å². The molecule has 0 aliphatic heterocycles. The highest BCUT2D eigenvalue weighted by Crippen LogP contribution is 2.33. The fourth-order valence-corrected chi connectivity index (χ4v) is 2.70. The molecule has 15 heteroatoms. The number of nitrogens with one attached hydrogen (secondary N) is 1. The summed E-state index contributed by atoms with van der Waals surface area (Å²) in [4.78, 5) is 35.6. The van der Waals surface area contributed by atoms with Crippen molar-refractivity contribution < 1.29 is 32.5 Å². The molecule has 0 fully saturated rings. The van der Waals surface area contributed by atoms with Crippen LogP contribution in [-0.4, -0.2) is 33.9 Å². The summed E-state index contributed by atoms with van der Waals surface area (Å²) in [6.07, 6.45) is -1.89. The Balaban J connectivity index is 1.96. The third-order valence-electron chi connectivity index (χ3n) is 3.67. The number of carbonyl (C=O) groups is 1. The molecular weight excluding hydrogens is 484 g/mol. The van der Waals surface area contributed by atoms with Crippen LogP contribution in [0.2, 0.25) is 10.2 Å². The van der Waals surface area contributed by atoms with Crippen molar-refractivity contribution >= 4 is 40.5 Å². The summed E-state index contributed by atoms with van der Waals surface area (Å²) < 4.78 is 43.3. The maximum atomic E-state index is 12.7. The molecule has 0 saturated heterocycles. The van der Waals surface area contributed by atoms with Crippen molar-refractivity contribution in [1.29, 1.82) is 0 Å². The van der Waals surface area contributed by atoms with Crippen molar-refractivity contribution in [1.82, 2.24) is 10.3 Å². The Kier molecular flexibility index (Phi) is 7.94. The number of aromatic nitrogens is 1. The number of alkyl halides is 3. The molecule has 10 nitrogen and oxygen atoms in total. The smallest absolute Gasteiger partial charge is 0.416 e. The van der Waals surface area contributed by atoms with Gasteiger partial charge in [-0.2, -0.15) is 13.2 Å². The van der Waals surface area contributed by atoms with E-state index in [9.17, 15) is 38.2 Å². The van der Waals surface area contributed by atoms with E-state index in [0.717, 1.165) is 0 Å². The number of carbonyl (C=O) groups excluding carboxylic acids is 1. The van der Waals surface area contributed by atoms with Crippen LogP contribution in [0.1, 0.15) is 15.9 Å². The second-order valence-electron chi connectivity index (χ2n) is 5.84. The zero-order valence-corrected chi connectivity index (χ0v) is 17.1. The van der Waals surface area contributed by atoms with Gasteiger partial charge in [0.05, 0.1) is 26.0 Å². The van der Waals surface area contributed by atoms with Crippen LogP contribution in [-0.2, 0) is 6.18 Å². The average Bonchev–Trinajstić information content (AvgIpc) is 2.68. The lowest BCUT2D eigenvalue weighted by Gasteiger charge is -2.09. The summed E-state index contributed by atoms with van der Waals surface area (Å²) in [6, 6.07) is 2.70. The molecule has 2 rings (SSSR count). The van der Waals surface area contributed by atoms with E-state index in [1.807, 2.05) is 0 Å². The fourth-order valence-electron chi connectivity index (χ4n) is 2.26. The van der Waals surface area contributed by atoms with Gasteiger partial charge in [0.25, 0.3) is 5.91 Å². The molecule has 1 aromatic carbocycles. The second kappa shape index (κ2) is 10.2. The molecule has 1 N–H and O–H groups in total. The molecule has 0 atom stereocenters. The van der Waals surface area contributed by atoms with E-state index >= 15 is 0 Å². The predicted octanol–water partition coefficient (Wildman–Crippen LogP) is 4.59. The Morgan fingerprint density at radius 1 is 1.09 bits per heavy atom. The fraction of sp³-hybridized carbons (Fsp3) is 0.176. The van der Waals surface area contributed by atoms with Crippen LogP contribution in [0.5, 0.6) is 5.88 Å². The third-order valence-corrected chi connectivity index (χ3v) is 4.18. The minimum atomic E-state index is -4.63. The summed E-state index contributed by atoms with van der Waals surface area (Å²) in [5, 5.41) is 23.4. The first kappa shape index (κ1) is 24.8. The molecule has 2 aromatic rings. The molecule has 0 bridgehead atoms. The summed E-state index contributed by atoms with van der Waals surface area (Å²) >= 11 is 11.3. The van der Waals surface area contributed by atoms with Crippen molar-refractivity contribution in [3.8, 4) is 5.88 Å². The van der Waals surface area contributed by atoms with E-state index in [4.69, 9.17) is 27.9 Å². The van der Waals surface area contributed by atoms with Crippen molar-refractivity contribution in [3.05, 3.63) is 77.9 Å².